The molecule has 4 rings (SSSR count). The third-order valence-corrected chi connectivity index (χ3v) is 9.91. The molecule has 8 atom stereocenters. The maximum absolute atomic E-state index is 11.1. The molecule has 0 saturated heterocycles. The van der Waals surface area contributed by atoms with Crippen molar-refractivity contribution in [2.24, 2.45) is 34.5 Å². The number of aliphatic hydroxyl groups is 2. The average Bonchev–Trinajstić information content (AvgIpc) is 3.00. The topological polar surface area (TPSA) is 40.5 Å². The fourth-order valence-corrected chi connectivity index (χ4v) is 8.30. The molecular formula is C27H44O2. The number of fused-ring (bicyclic) bond motifs is 4. The quantitative estimate of drug-likeness (QED) is 0.534. The number of hydrogen-bond acceptors (Lipinski definition) is 2. The van der Waals surface area contributed by atoms with Gasteiger partial charge in [-0.3, -0.25) is 0 Å². The molecule has 0 aromatic rings. The summed E-state index contributed by atoms with van der Waals surface area (Å²) < 4.78 is 0. The van der Waals surface area contributed by atoms with Crippen LogP contribution in [0.15, 0.2) is 22.8 Å². The van der Waals surface area contributed by atoms with Crippen molar-refractivity contribution >= 4 is 0 Å². The molecule has 0 spiro atoms. The Bertz CT molecular complexity index is 687. The average molecular weight is 401 g/mol. The van der Waals surface area contributed by atoms with Crippen molar-refractivity contribution in [3.05, 3.63) is 22.8 Å². The van der Waals surface area contributed by atoms with Crippen LogP contribution in [0.1, 0.15) is 98.8 Å². The van der Waals surface area contributed by atoms with Crippen LogP contribution in [0, 0.1) is 34.5 Å². The van der Waals surface area contributed by atoms with Gasteiger partial charge in [-0.15, -0.1) is 0 Å². The molecule has 0 radical (unpaired) electrons. The Morgan fingerprint density at radius 3 is 2.62 bits per heavy atom. The zero-order valence-electron chi connectivity index (χ0n) is 19.5. The highest BCUT2D eigenvalue weighted by Crippen LogP contribution is 2.65. The number of hydrogen-bond donors (Lipinski definition) is 2. The molecule has 4 aliphatic carbocycles. The van der Waals surface area contributed by atoms with Gasteiger partial charge in [0.2, 0.25) is 0 Å². The lowest BCUT2D eigenvalue weighted by Crippen LogP contribution is -2.53. The standard InChI is InChI=1S/C27H44O2/c1-17(2)7-6-8-18(3)21-9-10-22-20-16-25(29)24-15-19(28)11-13-27(24,5)23(20)12-14-26(21,22)4/h7,18-19,21,23-25,28-29H,6,8-16H2,1-5H3/t18-,19?,21-,23+,24?,25?,26-,27-/m1/s1. The molecule has 0 aromatic heterocycles. The normalized spacial score (nSPS) is 45.3. The number of rotatable bonds is 4. The molecular weight excluding hydrogens is 356 g/mol. The Hall–Kier alpha value is -0.600. The van der Waals surface area contributed by atoms with Gasteiger partial charge in [-0.1, -0.05) is 43.6 Å². The van der Waals surface area contributed by atoms with Crippen LogP contribution >= 0.6 is 0 Å². The minimum absolute atomic E-state index is 0.188. The Labute approximate surface area is 178 Å². The highest BCUT2D eigenvalue weighted by Gasteiger charge is 2.57. The maximum Gasteiger partial charge on any atom is 0.0612 e. The summed E-state index contributed by atoms with van der Waals surface area (Å²) in [5.74, 6) is 2.50. The van der Waals surface area contributed by atoms with Crippen LogP contribution in [-0.2, 0) is 0 Å². The monoisotopic (exact) mass is 400 g/mol. The molecule has 0 aliphatic heterocycles. The zero-order valence-corrected chi connectivity index (χ0v) is 19.5. The Morgan fingerprint density at radius 1 is 1.14 bits per heavy atom. The van der Waals surface area contributed by atoms with Gasteiger partial charge in [0.15, 0.2) is 0 Å². The van der Waals surface area contributed by atoms with E-state index in [1.165, 1.54) is 44.1 Å². The van der Waals surface area contributed by atoms with Crippen molar-refractivity contribution in [2.75, 3.05) is 0 Å². The summed E-state index contributed by atoms with van der Waals surface area (Å²) in [5.41, 5.74) is 5.38. The van der Waals surface area contributed by atoms with Gasteiger partial charge in [0, 0.05) is 0 Å². The molecule has 3 unspecified atom stereocenters. The van der Waals surface area contributed by atoms with Gasteiger partial charge in [-0.05, 0) is 113 Å². The first-order valence-electron chi connectivity index (χ1n) is 12.4. The molecule has 2 N–H and O–H groups in total. The number of allylic oxidation sites excluding steroid dienone is 3. The van der Waals surface area contributed by atoms with Crippen LogP contribution in [0.4, 0.5) is 0 Å². The summed E-state index contributed by atoms with van der Waals surface area (Å²) >= 11 is 0. The molecule has 164 valence electrons. The summed E-state index contributed by atoms with van der Waals surface area (Å²) in [7, 11) is 0. The molecule has 0 amide bonds. The van der Waals surface area contributed by atoms with Crippen LogP contribution in [0.5, 0.6) is 0 Å². The van der Waals surface area contributed by atoms with Gasteiger partial charge in [-0.25, -0.2) is 0 Å². The highest BCUT2D eigenvalue weighted by atomic mass is 16.3. The fraction of sp³-hybridized carbons (Fsp3) is 0.852. The van der Waals surface area contributed by atoms with Gasteiger partial charge in [0.25, 0.3) is 0 Å². The Balaban J connectivity index is 1.60. The van der Waals surface area contributed by atoms with Gasteiger partial charge in [-0.2, -0.15) is 0 Å². The van der Waals surface area contributed by atoms with Crippen molar-refractivity contribution in [1.82, 2.24) is 0 Å². The summed E-state index contributed by atoms with van der Waals surface area (Å²) in [5, 5.41) is 21.4. The van der Waals surface area contributed by atoms with E-state index in [2.05, 4.69) is 40.7 Å². The molecule has 3 fully saturated rings. The van der Waals surface area contributed by atoms with Crippen molar-refractivity contribution < 1.29 is 10.2 Å². The third kappa shape index (κ3) is 3.57. The molecule has 0 bridgehead atoms. The molecule has 0 aromatic carbocycles. The lowest BCUT2D eigenvalue weighted by atomic mass is 9.48. The van der Waals surface area contributed by atoms with Gasteiger partial charge in [0.05, 0.1) is 12.2 Å². The second-order valence-electron chi connectivity index (χ2n) is 11.8. The zero-order chi connectivity index (χ0) is 21.0. The van der Waals surface area contributed by atoms with E-state index >= 15 is 0 Å². The predicted molar refractivity (Wildman–Crippen MR) is 120 cm³/mol. The Kier molecular flexibility index (Phi) is 5.84. The molecule has 0 heterocycles. The molecule has 29 heavy (non-hydrogen) atoms. The van der Waals surface area contributed by atoms with E-state index < -0.39 is 0 Å². The SMILES string of the molecule is CC(C)=CCC[C@@H](C)[C@H]1CCC2=C3CC(O)C4CC(O)CC[C@]4(C)[C@H]3CC[C@@]21C. The summed E-state index contributed by atoms with van der Waals surface area (Å²) in [6.45, 7) is 11.9. The number of aliphatic hydroxyl groups excluding tert-OH is 2. The first kappa shape index (κ1) is 21.6. The first-order chi connectivity index (χ1) is 13.7. The van der Waals surface area contributed by atoms with Crippen LogP contribution < -0.4 is 0 Å². The lowest BCUT2D eigenvalue weighted by molar-refractivity contribution is -0.0962. The van der Waals surface area contributed by atoms with Crippen LogP contribution in [0.2, 0.25) is 0 Å². The molecule has 4 aliphatic rings. The maximum atomic E-state index is 11.1. The summed E-state index contributed by atoms with van der Waals surface area (Å²) in [6, 6.07) is 0. The van der Waals surface area contributed by atoms with E-state index in [9.17, 15) is 10.2 Å². The van der Waals surface area contributed by atoms with E-state index in [-0.39, 0.29) is 23.5 Å². The van der Waals surface area contributed by atoms with Crippen LogP contribution in [0.25, 0.3) is 0 Å². The van der Waals surface area contributed by atoms with Crippen molar-refractivity contribution in [1.29, 1.82) is 0 Å². The third-order valence-electron chi connectivity index (χ3n) is 9.91. The van der Waals surface area contributed by atoms with Crippen molar-refractivity contribution in [3.8, 4) is 0 Å². The summed E-state index contributed by atoms with van der Waals surface area (Å²) in [6.07, 6.45) is 13.4. The highest BCUT2D eigenvalue weighted by molar-refractivity contribution is 5.35. The lowest BCUT2D eigenvalue weighted by Gasteiger charge is -2.58. The minimum atomic E-state index is -0.259. The van der Waals surface area contributed by atoms with Crippen molar-refractivity contribution in [3.63, 3.8) is 0 Å². The van der Waals surface area contributed by atoms with E-state index in [1.54, 1.807) is 11.1 Å². The Morgan fingerprint density at radius 2 is 1.90 bits per heavy atom. The first-order valence-corrected chi connectivity index (χ1v) is 12.4. The largest absolute Gasteiger partial charge is 0.393 e. The van der Waals surface area contributed by atoms with E-state index in [0.717, 1.165) is 37.5 Å². The van der Waals surface area contributed by atoms with E-state index in [1.807, 2.05) is 0 Å². The van der Waals surface area contributed by atoms with E-state index in [0.29, 0.717) is 11.3 Å². The van der Waals surface area contributed by atoms with Gasteiger partial charge < -0.3 is 10.2 Å². The van der Waals surface area contributed by atoms with Gasteiger partial charge in [0.1, 0.15) is 0 Å². The summed E-state index contributed by atoms with van der Waals surface area (Å²) in [4.78, 5) is 0. The van der Waals surface area contributed by atoms with E-state index in [4.69, 9.17) is 0 Å². The van der Waals surface area contributed by atoms with Gasteiger partial charge >= 0.3 is 0 Å². The fourth-order valence-electron chi connectivity index (χ4n) is 8.30. The predicted octanol–water partition coefficient (Wildman–Crippen LogP) is 6.42. The van der Waals surface area contributed by atoms with Crippen molar-refractivity contribution in [2.45, 2.75) is 111 Å². The smallest absolute Gasteiger partial charge is 0.0612 e. The second kappa shape index (κ2) is 7.83. The second-order valence-corrected chi connectivity index (χ2v) is 11.8. The van der Waals surface area contributed by atoms with Crippen LogP contribution in [-0.4, -0.2) is 22.4 Å². The molecule has 2 nitrogen and oxygen atoms in total. The molecule has 3 saturated carbocycles. The molecule has 2 heteroatoms. The minimum Gasteiger partial charge on any atom is -0.393 e. The van der Waals surface area contributed by atoms with Crippen LogP contribution in [0.3, 0.4) is 0 Å².